The number of nitrogens with one attached hydrogen (secondary N) is 1. The lowest BCUT2D eigenvalue weighted by atomic mass is 9.92. The number of fused-ring (bicyclic) bond motifs is 1. The van der Waals surface area contributed by atoms with Crippen LogP contribution in [0.5, 0.6) is 0 Å². The highest BCUT2D eigenvalue weighted by Crippen LogP contribution is 2.28. The first kappa shape index (κ1) is 12.5. The number of amides is 1. The summed E-state index contributed by atoms with van der Waals surface area (Å²) >= 11 is 0. The number of hydrogen-bond donors (Lipinski definition) is 1. The summed E-state index contributed by atoms with van der Waals surface area (Å²) in [6, 6.07) is 0.0426. The molecule has 1 N–H and O–H groups in total. The van der Waals surface area contributed by atoms with Crippen LogP contribution in [-0.4, -0.2) is 28.6 Å². The van der Waals surface area contributed by atoms with Crippen LogP contribution in [0.2, 0.25) is 0 Å². The Balaban J connectivity index is 1.74. The Morgan fingerprint density at radius 2 is 2.32 bits per heavy atom. The van der Waals surface area contributed by atoms with E-state index in [4.69, 9.17) is 4.74 Å². The van der Waals surface area contributed by atoms with Crippen LogP contribution >= 0.6 is 0 Å². The lowest BCUT2D eigenvalue weighted by Crippen LogP contribution is -2.38. The van der Waals surface area contributed by atoms with E-state index in [0.717, 1.165) is 49.2 Å². The summed E-state index contributed by atoms with van der Waals surface area (Å²) in [6.07, 6.45) is 6.38. The molecule has 1 aliphatic heterocycles. The molecule has 2 atom stereocenters. The maximum absolute atomic E-state index is 12.1. The van der Waals surface area contributed by atoms with Gasteiger partial charge in [0.1, 0.15) is 11.9 Å². The fourth-order valence-corrected chi connectivity index (χ4v) is 2.85. The van der Waals surface area contributed by atoms with Crippen LogP contribution in [0.3, 0.4) is 0 Å². The molecular formula is C14H19N3O2. The molecule has 102 valence electrons. The van der Waals surface area contributed by atoms with Gasteiger partial charge in [-0.1, -0.05) is 0 Å². The summed E-state index contributed by atoms with van der Waals surface area (Å²) in [5.74, 6) is 0.806. The summed E-state index contributed by atoms with van der Waals surface area (Å²) in [5.41, 5.74) is 2.15. The van der Waals surface area contributed by atoms with Crippen LogP contribution in [0.1, 0.15) is 48.8 Å². The first-order chi connectivity index (χ1) is 9.24. The second-order valence-electron chi connectivity index (χ2n) is 5.27. The number of carbonyl (C=O) groups excluding carboxylic acids is 1. The van der Waals surface area contributed by atoms with Crippen LogP contribution in [0, 0.1) is 6.92 Å². The molecule has 5 heteroatoms. The molecular weight excluding hydrogens is 242 g/mol. The molecule has 1 aliphatic carbocycles. The van der Waals surface area contributed by atoms with E-state index in [-0.39, 0.29) is 18.1 Å². The van der Waals surface area contributed by atoms with Gasteiger partial charge in [0.05, 0.1) is 6.04 Å². The largest absolute Gasteiger partial charge is 0.368 e. The number of nitrogens with zero attached hydrogens (tertiary/aromatic N) is 2. The van der Waals surface area contributed by atoms with Gasteiger partial charge in [0.2, 0.25) is 5.91 Å². The molecule has 0 unspecified atom stereocenters. The zero-order chi connectivity index (χ0) is 13.2. The number of carbonyl (C=O) groups is 1. The van der Waals surface area contributed by atoms with Crippen molar-refractivity contribution < 1.29 is 9.53 Å². The average molecular weight is 261 g/mol. The number of rotatable bonds is 2. The van der Waals surface area contributed by atoms with E-state index in [1.165, 1.54) is 0 Å². The Morgan fingerprint density at radius 1 is 1.42 bits per heavy atom. The molecule has 1 aromatic rings. The van der Waals surface area contributed by atoms with Crippen LogP contribution in [0.15, 0.2) is 6.20 Å². The van der Waals surface area contributed by atoms with E-state index < -0.39 is 0 Å². The molecule has 1 amide bonds. The zero-order valence-corrected chi connectivity index (χ0v) is 11.2. The SMILES string of the molecule is Cc1ncc2c(n1)CCC[C@H]2NC(=O)[C@H]1CCCO1. The third-order valence-electron chi connectivity index (χ3n) is 3.84. The highest BCUT2D eigenvalue weighted by atomic mass is 16.5. The minimum Gasteiger partial charge on any atom is -0.368 e. The molecule has 2 aliphatic rings. The van der Waals surface area contributed by atoms with Crippen molar-refractivity contribution >= 4 is 5.91 Å². The van der Waals surface area contributed by atoms with Crippen molar-refractivity contribution in [2.45, 2.75) is 51.2 Å². The summed E-state index contributed by atoms with van der Waals surface area (Å²) in [5, 5.41) is 3.09. The van der Waals surface area contributed by atoms with E-state index in [0.29, 0.717) is 6.61 Å². The first-order valence-electron chi connectivity index (χ1n) is 6.98. The standard InChI is InChI=1S/C14H19N3O2/c1-9-15-8-10-11(16-9)4-2-5-12(10)17-14(18)13-6-3-7-19-13/h8,12-13H,2-7H2,1H3,(H,17,18)/t12-,13-/m1/s1. The van der Waals surface area contributed by atoms with Crippen molar-refractivity contribution in [2.24, 2.45) is 0 Å². The smallest absolute Gasteiger partial charge is 0.249 e. The van der Waals surface area contributed by atoms with Crippen molar-refractivity contribution in [3.63, 3.8) is 0 Å². The molecule has 1 aromatic heterocycles. The third-order valence-corrected chi connectivity index (χ3v) is 3.84. The molecule has 2 heterocycles. The lowest BCUT2D eigenvalue weighted by molar-refractivity contribution is -0.130. The van der Waals surface area contributed by atoms with E-state index in [1.54, 1.807) is 0 Å². The molecule has 0 radical (unpaired) electrons. The van der Waals surface area contributed by atoms with Crippen molar-refractivity contribution in [1.29, 1.82) is 0 Å². The van der Waals surface area contributed by atoms with Gasteiger partial charge in [-0.05, 0) is 39.0 Å². The van der Waals surface area contributed by atoms with Crippen LogP contribution in [-0.2, 0) is 16.0 Å². The van der Waals surface area contributed by atoms with Gasteiger partial charge >= 0.3 is 0 Å². The fourth-order valence-electron chi connectivity index (χ4n) is 2.85. The van der Waals surface area contributed by atoms with Gasteiger partial charge in [-0.25, -0.2) is 9.97 Å². The molecule has 3 rings (SSSR count). The molecule has 0 spiro atoms. The van der Waals surface area contributed by atoms with Crippen molar-refractivity contribution in [3.05, 3.63) is 23.3 Å². The topological polar surface area (TPSA) is 64.1 Å². The molecule has 0 saturated carbocycles. The molecule has 1 saturated heterocycles. The Labute approximate surface area is 112 Å². The van der Waals surface area contributed by atoms with Gasteiger partial charge in [0, 0.05) is 24.1 Å². The summed E-state index contributed by atoms with van der Waals surface area (Å²) in [4.78, 5) is 20.8. The molecule has 1 fully saturated rings. The monoisotopic (exact) mass is 261 g/mol. The van der Waals surface area contributed by atoms with E-state index in [2.05, 4.69) is 15.3 Å². The molecule has 5 nitrogen and oxygen atoms in total. The Hall–Kier alpha value is -1.49. The molecule has 19 heavy (non-hydrogen) atoms. The van der Waals surface area contributed by atoms with Crippen molar-refractivity contribution in [2.75, 3.05) is 6.61 Å². The Kier molecular flexibility index (Phi) is 3.46. The Morgan fingerprint density at radius 3 is 3.11 bits per heavy atom. The predicted octanol–water partition coefficient (Wildman–Crippen LogP) is 1.46. The highest BCUT2D eigenvalue weighted by molar-refractivity contribution is 5.81. The maximum Gasteiger partial charge on any atom is 0.249 e. The number of aryl methyl sites for hydroxylation is 2. The van der Waals surface area contributed by atoms with Gasteiger partial charge < -0.3 is 10.1 Å². The maximum atomic E-state index is 12.1. The lowest BCUT2D eigenvalue weighted by Gasteiger charge is -2.26. The van der Waals surface area contributed by atoms with E-state index in [9.17, 15) is 4.79 Å². The summed E-state index contributed by atoms with van der Waals surface area (Å²) in [7, 11) is 0. The number of aromatic nitrogens is 2. The summed E-state index contributed by atoms with van der Waals surface area (Å²) < 4.78 is 5.42. The zero-order valence-electron chi connectivity index (χ0n) is 11.2. The second kappa shape index (κ2) is 5.25. The van der Waals surface area contributed by atoms with Crippen molar-refractivity contribution in [3.8, 4) is 0 Å². The van der Waals surface area contributed by atoms with Gasteiger partial charge in [0.25, 0.3) is 0 Å². The van der Waals surface area contributed by atoms with Crippen LogP contribution in [0.25, 0.3) is 0 Å². The van der Waals surface area contributed by atoms with Gasteiger partial charge in [-0.3, -0.25) is 4.79 Å². The number of ether oxygens (including phenoxy) is 1. The summed E-state index contributed by atoms with van der Waals surface area (Å²) in [6.45, 7) is 2.59. The fraction of sp³-hybridized carbons (Fsp3) is 0.643. The van der Waals surface area contributed by atoms with Crippen molar-refractivity contribution in [1.82, 2.24) is 15.3 Å². The van der Waals surface area contributed by atoms with Gasteiger partial charge in [0.15, 0.2) is 0 Å². The first-order valence-corrected chi connectivity index (χ1v) is 6.98. The van der Waals surface area contributed by atoms with E-state index >= 15 is 0 Å². The third kappa shape index (κ3) is 2.61. The molecule has 0 bridgehead atoms. The number of hydrogen-bond acceptors (Lipinski definition) is 4. The second-order valence-corrected chi connectivity index (χ2v) is 5.27. The van der Waals surface area contributed by atoms with Crippen LogP contribution in [0.4, 0.5) is 0 Å². The van der Waals surface area contributed by atoms with Gasteiger partial charge in [-0.2, -0.15) is 0 Å². The quantitative estimate of drug-likeness (QED) is 0.875. The normalized spacial score (nSPS) is 25.9. The average Bonchev–Trinajstić information content (AvgIpc) is 2.92. The van der Waals surface area contributed by atoms with Crippen LogP contribution < -0.4 is 5.32 Å². The molecule has 0 aromatic carbocycles. The predicted molar refractivity (Wildman–Crippen MR) is 69.6 cm³/mol. The minimum absolute atomic E-state index is 0.0101. The van der Waals surface area contributed by atoms with Gasteiger partial charge in [-0.15, -0.1) is 0 Å². The Bertz CT molecular complexity index is 484. The minimum atomic E-state index is -0.267. The van der Waals surface area contributed by atoms with E-state index in [1.807, 2.05) is 13.1 Å². The highest BCUT2D eigenvalue weighted by Gasteiger charge is 2.28.